The minimum absolute atomic E-state index is 0.103. The fraction of sp³-hybridized carbons (Fsp3) is 0.0800. The van der Waals surface area contributed by atoms with E-state index >= 15 is 0 Å². The summed E-state index contributed by atoms with van der Waals surface area (Å²) in [5.41, 5.74) is 3.74. The van der Waals surface area contributed by atoms with E-state index in [0.717, 1.165) is 28.0 Å². The number of rotatable bonds is 5. The van der Waals surface area contributed by atoms with Crippen LogP contribution in [0.4, 0.5) is 0 Å². The molecule has 0 saturated carbocycles. The van der Waals surface area contributed by atoms with Gasteiger partial charge in [-0.3, -0.25) is 0 Å². The zero-order valence-electron chi connectivity index (χ0n) is 16.2. The van der Waals surface area contributed by atoms with E-state index in [2.05, 4.69) is 6.07 Å². The number of hydrogen-bond donors (Lipinski definition) is 1. The van der Waals surface area contributed by atoms with Gasteiger partial charge in [-0.15, -0.1) is 0 Å². The van der Waals surface area contributed by atoms with E-state index in [1.165, 1.54) is 0 Å². The maximum atomic E-state index is 10.5. The number of halogens is 1. The topological polar surface area (TPSA) is 66.4 Å². The molecule has 1 aromatic heterocycles. The molecule has 30 heavy (non-hydrogen) atoms. The summed E-state index contributed by atoms with van der Waals surface area (Å²) in [4.78, 5) is 0. The van der Waals surface area contributed by atoms with Crippen LogP contribution in [0.1, 0.15) is 5.56 Å². The van der Waals surface area contributed by atoms with Crippen molar-refractivity contribution < 1.29 is 14.3 Å². The van der Waals surface area contributed by atoms with Gasteiger partial charge in [0.05, 0.1) is 25.2 Å². The number of phenolic OH excluding ortho intramolecular Hbond substituents is 1. The number of phenols is 1. The van der Waals surface area contributed by atoms with E-state index in [1.807, 2.05) is 42.5 Å². The Morgan fingerprint density at radius 1 is 0.933 bits per heavy atom. The van der Waals surface area contributed by atoms with Gasteiger partial charge in [0.1, 0.15) is 23.0 Å². The Kier molecular flexibility index (Phi) is 5.47. The van der Waals surface area contributed by atoms with Crippen molar-refractivity contribution >= 4 is 11.6 Å². The smallest absolute Gasteiger partial charge is 0.146 e. The molecule has 1 heterocycles. The van der Waals surface area contributed by atoms with Gasteiger partial charge < -0.3 is 14.3 Å². The summed E-state index contributed by atoms with van der Waals surface area (Å²) in [6, 6.07) is 24.1. The van der Waals surface area contributed by atoms with Crippen LogP contribution in [0.15, 0.2) is 77.2 Å². The molecular formula is C25H18ClNO3. The van der Waals surface area contributed by atoms with Crippen molar-refractivity contribution in [1.29, 1.82) is 5.26 Å². The second-order valence-corrected chi connectivity index (χ2v) is 7.14. The molecule has 0 fully saturated rings. The van der Waals surface area contributed by atoms with Crippen molar-refractivity contribution in [2.75, 3.05) is 7.11 Å². The van der Waals surface area contributed by atoms with E-state index in [-0.39, 0.29) is 12.2 Å². The van der Waals surface area contributed by atoms with Crippen LogP contribution < -0.4 is 4.74 Å². The quantitative estimate of drug-likeness (QED) is 0.393. The van der Waals surface area contributed by atoms with Crippen LogP contribution in [0.25, 0.3) is 33.8 Å². The number of hydrogen-bond acceptors (Lipinski definition) is 4. The molecule has 4 aromatic rings. The Morgan fingerprint density at radius 3 is 2.23 bits per heavy atom. The van der Waals surface area contributed by atoms with E-state index in [1.54, 1.807) is 37.4 Å². The summed E-state index contributed by atoms with van der Waals surface area (Å²) < 4.78 is 11.6. The molecule has 0 spiro atoms. The van der Waals surface area contributed by atoms with Crippen molar-refractivity contribution in [2.24, 2.45) is 0 Å². The fourth-order valence-electron chi connectivity index (χ4n) is 3.47. The summed E-state index contributed by atoms with van der Waals surface area (Å²) >= 11 is 6.08. The first-order valence-corrected chi connectivity index (χ1v) is 9.71. The third-order valence-corrected chi connectivity index (χ3v) is 5.15. The van der Waals surface area contributed by atoms with Crippen LogP contribution in [-0.4, -0.2) is 12.2 Å². The average Bonchev–Trinajstić information content (AvgIpc) is 3.14. The molecule has 3 aromatic carbocycles. The first kappa shape index (κ1) is 19.6. The first-order chi connectivity index (χ1) is 14.6. The number of para-hydroxylation sites is 1. The molecule has 0 aliphatic carbocycles. The third-order valence-electron chi connectivity index (χ3n) is 4.90. The van der Waals surface area contributed by atoms with E-state index in [0.29, 0.717) is 22.1 Å². The third kappa shape index (κ3) is 3.63. The normalized spacial score (nSPS) is 10.6. The van der Waals surface area contributed by atoms with Crippen molar-refractivity contribution in [3.8, 4) is 51.3 Å². The Bertz CT molecular complexity index is 1220. The number of benzene rings is 3. The maximum absolute atomic E-state index is 10.5. The lowest BCUT2D eigenvalue weighted by molar-refractivity contribution is 0.415. The highest BCUT2D eigenvalue weighted by molar-refractivity contribution is 6.30. The zero-order chi connectivity index (χ0) is 21.1. The van der Waals surface area contributed by atoms with Gasteiger partial charge in [-0.05, 0) is 54.1 Å². The molecule has 0 aliphatic heterocycles. The molecule has 0 radical (unpaired) electrons. The van der Waals surface area contributed by atoms with E-state index in [9.17, 15) is 10.4 Å². The van der Waals surface area contributed by atoms with Crippen LogP contribution in [0.2, 0.25) is 5.02 Å². The molecule has 1 N–H and O–H groups in total. The predicted molar refractivity (Wildman–Crippen MR) is 118 cm³/mol. The Hall–Kier alpha value is -3.68. The SMILES string of the molecule is COc1ccc(-c2oc(-c3ccccc3O)c(-c3ccc(Cl)cc3)c2CC#N)cc1. The van der Waals surface area contributed by atoms with Gasteiger partial charge >= 0.3 is 0 Å². The summed E-state index contributed by atoms with van der Waals surface area (Å²) in [6.07, 6.45) is 0.149. The fourth-order valence-corrected chi connectivity index (χ4v) is 3.59. The molecular weight excluding hydrogens is 398 g/mol. The van der Waals surface area contributed by atoms with Gasteiger partial charge in [0.25, 0.3) is 0 Å². The molecule has 0 saturated heterocycles. The van der Waals surface area contributed by atoms with Gasteiger partial charge in [0, 0.05) is 21.7 Å². The van der Waals surface area contributed by atoms with Crippen molar-refractivity contribution in [3.63, 3.8) is 0 Å². The highest BCUT2D eigenvalue weighted by Gasteiger charge is 2.25. The largest absolute Gasteiger partial charge is 0.507 e. The standard InChI is InChI=1S/C25H18ClNO3/c1-29-19-12-8-17(9-13-19)24-21(14-15-27)23(16-6-10-18(26)11-7-16)25(30-24)20-4-2-3-5-22(20)28/h2-13,28H,14H2,1H3. The lowest BCUT2D eigenvalue weighted by atomic mass is 9.94. The lowest BCUT2D eigenvalue weighted by Crippen LogP contribution is -1.89. The number of methoxy groups -OCH3 is 1. The second-order valence-electron chi connectivity index (χ2n) is 6.70. The van der Waals surface area contributed by atoms with Crippen LogP contribution in [0.3, 0.4) is 0 Å². The summed E-state index contributed by atoms with van der Waals surface area (Å²) in [5.74, 6) is 1.92. The molecule has 5 heteroatoms. The molecule has 0 bridgehead atoms. The Morgan fingerprint density at radius 2 is 1.60 bits per heavy atom. The van der Waals surface area contributed by atoms with Gasteiger partial charge in [-0.2, -0.15) is 5.26 Å². The minimum atomic E-state index is 0.103. The number of nitrogens with zero attached hydrogens (tertiary/aromatic N) is 1. The molecule has 0 aliphatic rings. The molecule has 4 nitrogen and oxygen atoms in total. The minimum Gasteiger partial charge on any atom is -0.507 e. The van der Waals surface area contributed by atoms with E-state index < -0.39 is 0 Å². The van der Waals surface area contributed by atoms with Gasteiger partial charge in [-0.25, -0.2) is 0 Å². The first-order valence-electron chi connectivity index (χ1n) is 9.33. The lowest BCUT2D eigenvalue weighted by Gasteiger charge is -2.07. The summed E-state index contributed by atoms with van der Waals surface area (Å²) in [6.45, 7) is 0. The van der Waals surface area contributed by atoms with Crippen LogP contribution in [0, 0.1) is 11.3 Å². The van der Waals surface area contributed by atoms with Gasteiger partial charge in [0.15, 0.2) is 0 Å². The predicted octanol–water partition coefficient (Wildman–Crippen LogP) is 6.71. The van der Waals surface area contributed by atoms with Crippen LogP contribution in [-0.2, 0) is 6.42 Å². The Labute approximate surface area is 179 Å². The molecule has 4 rings (SSSR count). The second kappa shape index (κ2) is 8.36. The molecule has 0 atom stereocenters. The molecule has 0 amide bonds. The van der Waals surface area contributed by atoms with Crippen molar-refractivity contribution in [2.45, 2.75) is 6.42 Å². The van der Waals surface area contributed by atoms with Crippen molar-refractivity contribution in [1.82, 2.24) is 0 Å². The van der Waals surface area contributed by atoms with Gasteiger partial charge in [-0.1, -0.05) is 35.9 Å². The zero-order valence-corrected chi connectivity index (χ0v) is 17.0. The Balaban J connectivity index is 2.02. The van der Waals surface area contributed by atoms with Gasteiger partial charge in [0.2, 0.25) is 0 Å². The average molecular weight is 416 g/mol. The molecule has 148 valence electrons. The number of ether oxygens (including phenoxy) is 1. The summed E-state index contributed by atoms with van der Waals surface area (Å²) in [5, 5.41) is 20.6. The number of aromatic hydroxyl groups is 1. The highest BCUT2D eigenvalue weighted by atomic mass is 35.5. The number of nitriles is 1. The number of furan rings is 1. The highest BCUT2D eigenvalue weighted by Crippen LogP contribution is 2.45. The summed E-state index contributed by atoms with van der Waals surface area (Å²) in [7, 11) is 1.61. The van der Waals surface area contributed by atoms with Crippen LogP contribution >= 0.6 is 11.6 Å². The monoisotopic (exact) mass is 415 g/mol. The van der Waals surface area contributed by atoms with Crippen molar-refractivity contribution in [3.05, 3.63) is 83.4 Å². The maximum Gasteiger partial charge on any atom is 0.146 e. The molecule has 0 unspecified atom stereocenters. The van der Waals surface area contributed by atoms with Crippen LogP contribution in [0.5, 0.6) is 11.5 Å². The van der Waals surface area contributed by atoms with E-state index in [4.69, 9.17) is 20.8 Å².